The van der Waals surface area contributed by atoms with Crippen LogP contribution in [0.1, 0.15) is 58.4 Å². The Morgan fingerprint density at radius 2 is 0.806 bits per heavy atom. The van der Waals surface area contributed by atoms with Crippen LogP contribution >= 0.6 is 0 Å². The predicted molar refractivity (Wildman–Crippen MR) is 288 cm³/mol. The maximum Gasteiger partial charge on any atom is 0.0541 e. The highest BCUT2D eigenvalue weighted by molar-refractivity contribution is 6.35. The molecule has 2 aliphatic heterocycles. The van der Waals surface area contributed by atoms with Gasteiger partial charge in [0.05, 0.1) is 28.4 Å². The van der Waals surface area contributed by atoms with Gasteiger partial charge >= 0.3 is 0 Å². The molecule has 67 heavy (non-hydrogen) atoms. The summed E-state index contributed by atoms with van der Waals surface area (Å²) >= 11 is 0. The number of para-hydroxylation sites is 4. The van der Waals surface area contributed by atoms with Gasteiger partial charge in [-0.25, -0.2) is 0 Å². The van der Waals surface area contributed by atoms with Crippen molar-refractivity contribution in [2.24, 2.45) is 0 Å². The van der Waals surface area contributed by atoms with Crippen molar-refractivity contribution in [2.45, 2.75) is 19.3 Å². The second-order valence-electron chi connectivity index (χ2n) is 18.9. The van der Waals surface area contributed by atoms with Crippen molar-refractivity contribution in [1.82, 2.24) is 0 Å². The van der Waals surface area contributed by atoms with Gasteiger partial charge in [0.2, 0.25) is 0 Å². The van der Waals surface area contributed by atoms with Gasteiger partial charge in [0.25, 0.3) is 0 Å². The average molecular weight is 853 g/mol. The molecule has 0 aromatic heterocycles. The van der Waals surface area contributed by atoms with E-state index in [0.717, 1.165) is 0 Å². The Morgan fingerprint density at radius 1 is 0.343 bits per heavy atom. The molecule has 0 fully saturated rings. The van der Waals surface area contributed by atoms with Gasteiger partial charge in [-0.3, -0.25) is 0 Å². The SMILES string of the molecule is CC1(C)c2cc(/C=C/c3ccc4c5cccc6c(N7c8ccccc8C=Cc8ccccc87)ccc(c7cccc3c47)c65)ccc2-c2ccc(N3c4ccccc4C=Cc4ccccc43)cc21. The Kier molecular flexibility index (Phi) is 8.06. The van der Waals surface area contributed by atoms with Crippen molar-refractivity contribution in [3.8, 4) is 11.1 Å². The summed E-state index contributed by atoms with van der Waals surface area (Å²) in [7, 11) is 0. The first kappa shape index (κ1) is 37.9. The molecule has 3 aliphatic rings. The number of fused-ring (bicyclic) bond motifs is 9. The quantitative estimate of drug-likeness (QED) is 0.0989. The first-order valence-electron chi connectivity index (χ1n) is 23.4. The topological polar surface area (TPSA) is 6.48 Å². The molecular weight excluding hydrogens is 809 g/mol. The smallest absolute Gasteiger partial charge is 0.0541 e. The molecule has 2 heterocycles. The van der Waals surface area contributed by atoms with Crippen molar-refractivity contribution in [2.75, 3.05) is 9.80 Å². The Morgan fingerprint density at radius 3 is 1.40 bits per heavy atom. The summed E-state index contributed by atoms with van der Waals surface area (Å²) in [5, 5.41) is 10.3. The molecule has 2 heteroatoms. The lowest BCUT2D eigenvalue weighted by Crippen LogP contribution is -2.17. The van der Waals surface area contributed by atoms with E-state index in [9.17, 15) is 0 Å². The summed E-state index contributed by atoms with van der Waals surface area (Å²) < 4.78 is 0. The third kappa shape index (κ3) is 5.57. The minimum absolute atomic E-state index is 0.181. The van der Waals surface area contributed by atoms with Gasteiger partial charge in [0, 0.05) is 16.5 Å². The molecule has 0 spiro atoms. The van der Waals surface area contributed by atoms with Crippen molar-refractivity contribution in [1.29, 1.82) is 0 Å². The van der Waals surface area contributed by atoms with Crippen LogP contribution in [0, 0.1) is 0 Å². The van der Waals surface area contributed by atoms with Gasteiger partial charge in [0.1, 0.15) is 0 Å². The van der Waals surface area contributed by atoms with Gasteiger partial charge in [-0.15, -0.1) is 0 Å². The van der Waals surface area contributed by atoms with Crippen molar-refractivity contribution >= 4 is 114 Å². The van der Waals surface area contributed by atoms with Gasteiger partial charge in [-0.05, 0) is 136 Å². The largest absolute Gasteiger partial charge is 0.309 e. The Balaban J connectivity index is 0.845. The van der Waals surface area contributed by atoms with E-state index in [1.807, 2.05) is 0 Å². The van der Waals surface area contributed by atoms with Crippen LogP contribution < -0.4 is 9.80 Å². The maximum absolute atomic E-state index is 2.46. The molecule has 11 aromatic carbocycles. The standard InChI is InChI=1S/C65H44N2/c1-65(2)56-39-41(26-34-49(56)50-36-33-47(40-57(50)65)66-58-21-7-3-13-43(58)28-29-44-14-4-8-22-59(44)66)25-27-42-32-35-53-52-19-12-20-55-62(38-37-54(64(52)55)51-18-11-17-48(42)63(51)53)67-60-23-9-5-15-45(60)30-31-46-16-6-10-24-61(46)67/h3-40H,1-2H3/b27-25+. The molecule has 314 valence electrons. The minimum Gasteiger partial charge on any atom is -0.309 e. The second-order valence-corrected chi connectivity index (χ2v) is 18.9. The zero-order valence-electron chi connectivity index (χ0n) is 37.3. The summed E-state index contributed by atoms with van der Waals surface area (Å²) in [5.74, 6) is 0. The predicted octanol–water partition coefficient (Wildman–Crippen LogP) is 18.1. The van der Waals surface area contributed by atoms with Crippen LogP contribution in [0.2, 0.25) is 0 Å². The highest BCUT2D eigenvalue weighted by Gasteiger charge is 2.36. The zero-order chi connectivity index (χ0) is 44.4. The van der Waals surface area contributed by atoms with Gasteiger partial charge in [-0.2, -0.15) is 0 Å². The molecular formula is C65H44N2. The molecule has 11 aromatic rings. The summed E-state index contributed by atoms with van der Waals surface area (Å²) in [6, 6.07) is 72.1. The number of anilines is 6. The Labute approximate surface area is 390 Å². The van der Waals surface area contributed by atoms with Crippen molar-refractivity contribution in [3.05, 3.63) is 239 Å². The number of nitrogens with zero attached hydrogens (tertiary/aromatic N) is 2. The fourth-order valence-electron chi connectivity index (χ4n) is 11.7. The lowest BCUT2D eigenvalue weighted by Gasteiger charge is -2.29. The van der Waals surface area contributed by atoms with Crippen LogP contribution in [0.15, 0.2) is 194 Å². The van der Waals surface area contributed by atoms with Crippen LogP contribution in [-0.2, 0) is 5.41 Å². The summed E-state index contributed by atoms with van der Waals surface area (Å²) in [6.45, 7) is 4.77. The van der Waals surface area contributed by atoms with E-state index in [4.69, 9.17) is 0 Å². The highest BCUT2D eigenvalue weighted by Crippen LogP contribution is 2.53. The highest BCUT2D eigenvalue weighted by atomic mass is 15.2. The first-order chi connectivity index (χ1) is 33.0. The minimum atomic E-state index is -0.181. The van der Waals surface area contributed by atoms with Crippen LogP contribution in [-0.4, -0.2) is 0 Å². The average Bonchev–Trinajstić information content (AvgIpc) is 3.49. The lowest BCUT2D eigenvalue weighted by atomic mass is 9.81. The molecule has 0 unspecified atom stereocenters. The number of hydrogen-bond donors (Lipinski definition) is 0. The normalized spacial score (nSPS) is 14.3. The Bertz CT molecular complexity index is 3850. The Hall–Kier alpha value is -8.46. The zero-order valence-corrected chi connectivity index (χ0v) is 37.3. The summed E-state index contributed by atoms with van der Waals surface area (Å²) in [5.41, 5.74) is 19.6. The fourth-order valence-corrected chi connectivity index (χ4v) is 11.7. The molecule has 14 rings (SSSR count). The second kappa shape index (κ2) is 14.3. The van der Waals surface area contributed by atoms with E-state index in [1.165, 1.54) is 133 Å². The molecule has 0 atom stereocenters. The van der Waals surface area contributed by atoms with Crippen LogP contribution in [0.25, 0.3) is 90.7 Å². The third-order valence-corrected chi connectivity index (χ3v) is 14.9. The monoisotopic (exact) mass is 852 g/mol. The van der Waals surface area contributed by atoms with Crippen molar-refractivity contribution < 1.29 is 0 Å². The molecule has 0 saturated carbocycles. The van der Waals surface area contributed by atoms with E-state index in [0.29, 0.717) is 0 Å². The third-order valence-electron chi connectivity index (χ3n) is 14.9. The fraction of sp³-hybridized carbons (Fsp3) is 0.0462. The lowest BCUT2D eigenvalue weighted by molar-refractivity contribution is 0.660. The van der Waals surface area contributed by atoms with Crippen LogP contribution in [0.3, 0.4) is 0 Å². The van der Waals surface area contributed by atoms with E-state index in [-0.39, 0.29) is 5.41 Å². The molecule has 0 amide bonds. The van der Waals surface area contributed by atoms with Crippen LogP contribution in [0.5, 0.6) is 0 Å². The summed E-state index contributed by atoms with van der Waals surface area (Å²) in [6.07, 6.45) is 13.6. The van der Waals surface area contributed by atoms with E-state index >= 15 is 0 Å². The maximum atomic E-state index is 2.46. The van der Waals surface area contributed by atoms with E-state index in [1.54, 1.807) is 0 Å². The summed E-state index contributed by atoms with van der Waals surface area (Å²) in [4.78, 5) is 4.89. The first-order valence-corrected chi connectivity index (χ1v) is 23.4. The molecule has 0 N–H and O–H groups in total. The van der Waals surface area contributed by atoms with Crippen molar-refractivity contribution in [3.63, 3.8) is 0 Å². The number of benzene rings is 11. The van der Waals surface area contributed by atoms with Crippen LogP contribution in [0.4, 0.5) is 34.1 Å². The molecule has 2 nitrogen and oxygen atoms in total. The van der Waals surface area contributed by atoms with Gasteiger partial charge in [-0.1, -0.05) is 202 Å². The number of rotatable bonds is 4. The molecule has 1 aliphatic carbocycles. The molecule has 0 radical (unpaired) electrons. The number of hydrogen-bond acceptors (Lipinski definition) is 2. The molecule has 0 bridgehead atoms. The van der Waals surface area contributed by atoms with Gasteiger partial charge < -0.3 is 9.80 Å². The van der Waals surface area contributed by atoms with E-state index < -0.39 is 0 Å². The van der Waals surface area contributed by atoms with Gasteiger partial charge in [0.15, 0.2) is 0 Å². The molecule has 0 saturated heterocycles. The van der Waals surface area contributed by atoms with E-state index in [2.05, 4.69) is 254 Å².